The van der Waals surface area contributed by atoms with Crippen molar-refractivity contribution in [2.24, 2.45) is 5.73 Å². The van der Waals surface area contributed by atoms with Gasteiger partial charge in [-0.1, -0.05) is 0 Å². The molecule has 4 nitrogen and oxygen atoms in total. The lowest BCUT2D eigenvalue weighted by Gasteiger charge is -2.05. The van der Waals surface area contributed by atoms with Crippen molar-refractivity contribution < 1.29 is 9.47 Å². The first-order valence-electron chi connectivity index (χ1n) is 6.16. The molecule has 0 spiro atoms. The average Bonchev–Trinajstić information content (AvgIpc) is 2.89. The van der Waals surface area contributed by atoms with E-state index in [0.717, 1.165) is 28.6 Å². The Balaban J connectivity index is 1.81. The second-order valence-corrected chi connectivity index (χ2v) is 5.17. The van der Waals surface area contributed by atoms with Crippen molar-refractivity contribution in [3.8, 4) is 11.5 Å². The summed E-state index contributed by atoms with van der Waals surface area (Å²) in [7, 11) is 1.65. The number of ether oxygens (including phenoxy) is 2. The van der Waals surface area contributed by atoms with Crippen molar-refractivity contribution >= 4 is 11.3 Å². The SMILES string of the molecule is COc1ccc(OCCc2nc(C(C)N)cs2)cc1. The second-order valence-electron chi connectivity index (χ2n) is 4.23. The Kier molecular flexibility index (Phi) is 4.76. The van der Waals surface area contributed by atoms with Crippen molar-refractivity contribution in [2.45, 2.75) is 19.4 Å². The molecule has 1 atom stereocenters. The van der Waals surface area contributed by atoms with Gasteiger partial charge in [-0.3, -0.25) is 0 Å². The predicted molar refractivity (Wildman–Crippen MR) is 76.9 cm³/mol. The van der Waals surface area contributed by atoms with Gasteiger partial charge in [0.2, 0.25) is 0 Å². The number of nitrogens with two attached hydrogens (primary N) is 1. The van der Waals surface area contributed by atoms with Gasteiger partial charge in [0.25, 0.3) is 0 Å². The first-order chi connectivity index (χ1) is 9.19. The topological polar surface area (TPSA) is 57.4 Å². The van der Waals surface area contributed by atoms with Gasteiger partial charge in [0.1, 0.15) is 11.5 Å². The lowest BCUT2D eigenvalue weighted by molar-refractivity contribution is 0.320. The van der Waals surface area contributed by atoms with Crippen LogP contribution < -0.4 is 15.2 Å². The Morgan fingerprint density at radius 1 is 1.26 bits per heavy atom. The minimum Gasteiger partial charge on any atom is -0.497 e. The summed E-state index contributed by atoms with van der Waals surface area (Å²) < 4.78 is 10.8. The van der Waals surface area contributed by atoms with E-state index in [1.54, 1.807) is 18.4 Å². The molecular formula is C14H18N2O2S. The normalized spacial score (nSPS) is 12.2. The summed E-state index contributed by atoms with van der Waals surface area (Å²) in [5.41, 5.74) is 6.72. The molecule has 0 aliphatic rings. The third-order valence-electron chi connectivity index (χ3n) is 2.68. The Bertz CT molecular complexity index is 508. The van der Waals surface area contributed by atoms with Gasteiger partial charge in [-0.05, 0) is 31.2 Å². The Morgan fingerprint density at radius 2 is 1.95 bits per heavy atom. The summed E-state index contributed by atoms with van der Waals surface area (Å²) in [4.78, 5) is 4.46. The summed E-state index contributed by atoms with van der Waals surface area (Å²) in [5, 5.41) is 3.06. The fourth-order valence-electron chi connectivity index (χ4n) is 1.58. The van der Waals surface area contributed by atoms with Gasteiger partial charge in [-0.15, -0.1) is 11.3 Å². The van der Waals surface area contributed by atoms with Gasteiger partial charge in [0.05, 0.1) is 24.4 Å². The van der Waals surface area contributed by atoms with E-state index in [0.29, 0.717) is 6.61 Å². The van der Waals surface area contributed by atoms with Gasteiger partial charge in [-0.25, -0.2) is 4.98 Å². The predicted octanol–water partition coefficient (Wildman–Crippen LogP) is 2.79. The molecule has 0 bridgehead atoms. The number of nitrogens with zero attached hydrogens (tertiary/aromatic N) is 1. The number of thiazole rings is 1. The summed E-state index contributed by atoms with van der Waals surface area (Å²) in [6.07, 6.45) is 0.795. The van der Waals surface area contributed by atoms with Gasteiger partial charge in [-0.2, -0.15) is 0 Å². The summed E-state index contributed by atoms with van der Waals surface area (Å²) >= 11 is 1.63. The van der Waals surface area contributed by atoms with E-state index in [4.69, 9.17) is 15.2 Å². The maximum atomic E-state index is 5.78. The molecule has 0 aliphatic heterocycles. The Labute approximate surface area is 117 Å². The molecule has 19 heavy (non-hydrogen) atoms. The lowest BCUT2D eigenvalue weighted by Crippen LogP contribution is -2.06. The van der Waals surface area contributed by atoms with Crippen LogP contribution in [0, 0.1) is 0 Å². The van der Waals surface area contributed by atoms with Crippen molar-refractivity contribution in [3.05, 3.63) is 40.3 Å². The van der Waals surface area contributed by atoms with Crippen LogP contribution in [-0.4, -0.2) is 18.7 Å². The summed E-state index contributed by atoms with van der Waals surface area (Å²) in [5.74, 6) is 1.67. The molecule has 2 rings (SSSR count). The van der Waals surface area contributed by atoms with E-state index < -0.39 is 0 Å². The number of aromatic nitrogens is 1. The number of hydrogen-bond acceptors (Lipinski definition) is 5. The molecule has 0 aliphatic carbocycles. The van der Waals surface area contributed by atoms with Crippen molar-refractivity contribution in [1.29, 1.82) is 0 Å². The molecule has 0 radical (unpaired) electrons. The molecule has 0 saturated carbocycles. The van der Waals surface area contributed by atoms with E-state index in [1.165, 1.54) is 0 Å². The van der Waals surface area contributed by atoms with Crippen LogP contribution in [0.2, 0.25) is 0 Å². The highest BCUT2D eigenvalue weighted by atomic mass is 32.1. The van der Waals surface area contributed by atoms with E-state index in [-0.39, 0.29) is 6.04 Å². The highest BCUT2D eigenvalue weighted by molar-refractivity contribution is 7.09. The quantitative estimate of drug-likeness (QED) is 0.882. The fourth-order valence-corrected chi connectivity index (χ4v) is 2.46. The largest absolute Gasteiger partial charge is 0.497 e. The van der Waals surface area contributed by atoms with Crippen molar-refractivity contribution in [2.75, 3.05) is 13.7 Å². The second kappa shape index (κ2) is 6.54. The van der Waals surface area contributed by atoms with E-state index in [9.17, 15) is 0 Å². The minimum atomic E-state index is -0.00694. The number of benzene rings is 1. The molecular weight excluding hydrogens is 260 g/mol. The first-order valence-corrected chi connectivity index (χ1v) is 7.03. The third kappa shape index (κ3) is 3.94. The smallest absolute Gasteiger partial charge is 0.119 e. The summed E-state index contributed by atoms with van der Waals surface area (Å²) in [6.45, 7) is 2.55. The molecule has 1 aromatic heterocycles. The molecule has 5 heteroatoms. The fraction of sp³-hybridized carbons (Fsp3) is 0.357. The van der Waals surface area contributed by atoms with Crippen molar-refractivity contribution in [1.82, 2.24) is 4.98 Å². The molecule has 0 saturated heterocycles. The highest BCUT2D eigenvalue weighted by Crippen LogP contribution is 2.18. The van der Waals surface area contributed by atoms with Crippen LogP contribution in [0.3, 0.4) is 0 Å². The van der Waals surface area contributed by atoms with E-state index >= 15 is 0 Å². The Morgan fingerprint density at radius 3 is 2.53 bits per heavy atom. The average molecular weight is 278 g/mol. The molecule has 1 aromatic carbocycles. The monoisotopic (exact) mass is 278 g/mol. The van der Waals surface area contributed by atoms with Crippen LogP contribution in [0.1, 0.15) is 23.7 Å². The van der Waals surface area contributed by atoms with Crippen LogP contribution in [0.15, 0.2) is 29.6 Å². The van der Waals surface area contributed by atoms with Crippen LogP contribution in [0.25, 0.3) is 0 Å². The minimum absolute atomic E-state index is 0.00694. The molecule has 0 amide bonds. The first kappa shape index (κ1) is 13.8. The zero-order valence-electron chi connectivity index (χ0n) is 11.1. The standard InChI is InChI=1S/C14H18N2O2S/c1-10(15)13-9-19-14(16-13)7-8-18-12-5-3-11(17-2)4-6-12/h3-6,9-10H,7-8,15H2,1-2H3. The zero-order chi connectivity index (χ0) is 13.7. The highest BCUT2D eigenvalue weighted by Gasteiger charge is 2.05. The third-order valence-corrected chi connectivity index (χ3v) is 3.61. The maximum Gasteiger partial charge on any atom is 0.119 e. The van der Waals surface area contributed by atoms with Crippen LogP contribution in [0.4, 0.5) is 0 Å². The summed E-state index contributed by atoms with van der Waals surface area (Å²) in [6, 6.07) is 7.55. The molecule has 1 unspecified atom stereocenters. The zero-order valence-corrected chi connectivity index (χ0v) is 11.9. The van der Waals surface area contributed by atoms with E-state index in [1.807, 2.05) is 36.6 Å². The molecule has 2 N–H and O–H groups in total. The molecule has 1 heterocycles. The number of hydrogen-bond donors (Lipinski definition) is 1. The molecule has 2 aromatic rings. The number of methoxy groups -OCH3 is 1. The van der Waals surface area contributed by atoms with Crippen LogP contribution >= 0.6 is 11.3 Å². The number of rotatable bonds is 6. The van der Waals surface area contributed by atoms with Gasteiger partial charge in [0, 0.05) is 17.8 Å². The molecule has 102 valence electrons. The molecule has 0 fully saturated rings. The Hall–Kier alpha value is -1.59. The lowest BCUT2D eigenvalue weighted by atomic mass is 10.3. The van der Waals surface area contributed by atoms with Gasteiger partial charge in [0.15, 0.2) is 0 Å². The van der Waals surface area contributed by atoms with Gasteiger partial charge < -0.3 is 15.2 Å². The van der Waals surface area contributed by atoms with Crippen molar-refractivity contribution in [3.63, 3.8) is 0 Å². The van der Waals surface area contributed by atoms with Gasteiger partial charge >= 0.3 is 0 Å². The van der Waals surface area contributed by atoms with Crippen LogP contribution in [0.5, 0.6) is 11.5 Å². The maximum absolute atomic E-state index is 5.78. The van der Waals surface area contributed by atoms with Crippen LogP contribution in [-0.2, 0) is 6.42 Å². The van der Waals surface area contributed by atoms with E-state index in [2.05, 4.69) is 4.98 Å².